The largest absolute Gasteiger partial charge is 0.354 e. The van der Waals surface area contributed by atoms with E-state index in [0.29, 0.717) is 11.7 Å². The molecule has 28 heavy (non-hydrogen) atoms. The maximum Gasteiger partial charge on any atom is 0.230 e. The van der Waals surface area contributed by atoms with Crippen LogP contribution in [0.2, 0.25) is 0 Å². The van der Waals surface area contributed by atoms with Crippen molar-refractivity contribution in [1.82, 2.24) is 25.5 Å². The maximum atomic E-state index is 12.4. The normalized spacial score (nSPS) is 14.6. The number of carbonyl (C=O) groups is 1. The van der Waals surface area contributed by atoms with Gasteiger partial charge in [0.05, 0.1) is 11.4 Å². The van der Waals surface area contributed by atoms with E-state index in [4.69, 9.17) is 0 Å². The van der Waals surface area contributed by atoms with Gasteiger partial charge in [-0.2, -0.15) is 4.68 Å². The Morgan fingerprint density at radius 2 is 1.82 bits per heavy atom. The predicted octanol–water partition coefficient (Wildman–Crippen LogP) is 3.22. The van der Waals surface area contributed by atoms with Gasteiger partial charge in [-0.05, 0) is 53.8 Å². The molecular formula is C21H23N5OS. The van der Waals surface area contributed by atoms with Gasteiger partial charge in [0.2, 0.25) is 11.1 Å². The summed E-state index contributed by atoms with van der Waals surface area (Å²) in [5.74, 6) is 0.291. The van der Waals surface area contributed by atoms with Crippen LogP contribution in [-0.2, 0) is 10.2 Å². The van der Waals surface area contributed by atoms with E-state index >= 15 is 0 Å². The summed E-state index contributed by atoms with van der Waals surface area (Å²) in [6.45, 7) is 4.74. The molecule has 1 aliphatic carbocycles. The molecule has 1 N–H and O–H groups in total. The molecule has 0 bridgehead atoms. The van der Waals surface area contributed by atoms with E-state index in [-0.39, 0.29) is 17.1 Å². The number of nitrogens with one attached hydrogen (secondary N) is 1. The minimum absolute atomic E-state index is 0.00302. The minimum atomic E-state index is 0.00302. The highest BCUT2D eigenvalue weighted by atomic mass is 32.2. The first-order valence-electron chi connectivity index (χ1n) is 9.39. The van der Waals surface area contributed by atoms with Crippen molar-refractivity contribution in [2.75, 3.05) is 12.3 Å². The second kappa shape index (κ2) is 7.75. The number of tetrazole rings is 1. The van der Waals surface area contributed by atoms with Crippen LogP contribution in [0.25, 0.3) is 5.69 Å². The molecule has 0 spiro atoms. The molecule has 1 aliphatic rings. The molecule has 3 aromatic rings. The number of rotatable bonds is 7. The van der Waals surface area contributed by atoms with Crippen molar-refractivity contribution in [2.24, 2.45) is 0 Å². The molecule has 1 heterocycles. The van der Waals surface area contributed by atoms with Crippen LogP contribution in [-0.4, -0.2) is 38.4 Å². The molecule has 0 saturated heterocycles. The van der Waals surface area contributed by atoms with E-state index in [1.165, 1.54) is 17.3 Å². The Labute approximate surface area is 168 Å². The smallest absolute Gasteiger partial charge is 0.230 e. The van der Waals surface area contributed by atoms with Gasteiger partial charge in [0.25, 0.3) is 0 Å². The van der Waals surface area contributed by atoms with Gasteiger partial charge in [-0.25, -0.2) is 0 Å². The van der Waals surface area contributed by atoms with Gasteiger partial charge >= 0.3 is 0 Å². The van der Waals surface area contributed by atoms with Crippen LogP contribution in [0.15, 0.2) is 53.7 Å². The third kappa shape index (κ3) is 3.80. The fraction of sp³-hybridized carbons (Fsp3) is 0.333. The van der Waals surface area contributed by atoms with Crippen molar-refractivity contribution < 1.29 is 4.79 Å². The van der Waals surface area contributed by atoms with Gasteiger partial charge in [-0.15, -0.1) is 5.10 Å². The molecule has 4 rings (SSSR count). The number of carbonyl (C=O) groups excluding carboxylic acids is 1. The highest BCUT2D eigenvalue weighted by molar-refractivity contribution is 7.99. The molecule has 1 amide bonds. The van der Waals surface area contributed by atoms with Crippen LogP contribution < -0.4 is 5.32 Å². The zero-order valence-electron chi connectivity index (χ0n) is 16.1. The van der Waals surface area contributed by atoms with Crippen LogP contribution in [0.3, 0.4) is 0 Å². The topological polar surface area (TPSA) is 72.7 Å². The maximum absolute atomic E-state index is 12.4. The van der Waals surface area contributed by atoms with Crippen LogP contribution >= 0.6 is 11.8 Å². The van der Waals surface area contributed by atoms with Gasteiger partial charge in [0, 0.05) is 12.0 Å². The summed E-state index contributed by atoms with van der Waals surface area (Å²) in [7, 11) is 0. The fourth-order valence-electron chi connectivity index (χ4n) is 3.51. The molecule has 2 aromatic carbocycles. The Balaban J connectivity index is 1.37. The van der Waals surface area contributed by atoms with E-state index in [9.17, 15) is 4.79 Å². The highest BCUT2D eigenvalue weighted by Crippen LogP contribution is 2.47. The van der Waals surface area contributed by atoms with Gasteiger partial charge in [0.1, 0.15) is 0 Å². The van der Waals surface area contributed by atoms with Gasteiger partial charge in [-0.1, -0.05) is 60.3 Å². The Morgan fingerprint density at radius 1 is 1.11 bits per heavy atom. The molecule has 0 unspecified atom stereocenters. The van der Waals surface area contributed by atoms with Crippen molar-refractivity contribution in [3.8, 4) is 5.69 Å². The summed E-state index contributed by atoms with van der Waals surface area (Å²) in [6.07, 6.45) is 2.24. The first kappa shape index (κ1) is 18.7. The van der Waals surface area contributed by atoms with Gasteiger partial charge < -0.3 is 5.32 Å². The third-order valence-electron chi connectivity index (χ3n) is 5.29. The van der Waals surface area contributed by atoms with Crippen LogP contribution in [0.4, 0.5) is 0 Å². The van der Waals surface area contributed by atoms with Crippen LogP contribution in [0.5, 0.6) is 0 Å². The summed E-state index contributed by atoms with van der Waals surface area (Å²) in [4.78, 5) is 12.4. The molecule has 1 saturated carbocycles. The molecule has 0 atom stereocenters. The number of thioether (sulfide) groups is 1. The molecule has 1 aromatic heterocycles. The van der Waals surface area contributed by atoms with Crippen molar-refractivity contribution >= 4 is 17.7 Å². The Hall–Kier alpha value is -2.67. The van der Waals surface area contributed by atoms with Gasteiger partial charge in [0.15, 0.2) is 0 Å². The predicted molar refractivity (Wildman–Crippen MR) is 110 cm³/mol. The van der Waals surface area contributed by atoms with Gasteiger partial charge in [-0.3, -0.25) is 4.79 Å². The molecule has 144 valence electrons. The molecule has 6 nitrogen and oxygen atoms in total. The second-order valence-electron chi connectivity index (χ2n) is 7.33. The lowest BCUT2D eigenvalue weighted by Gasteiger charge is -2.16. The number of aryl methyl sites for hydroxylation is 2. The summed E-state index contributed by atoms with van der Waals surface area (Å²) >= 11 is 1.36. The molecule has 1 fully saturated rings. The van der Waals surface area contributed by atoms with E-state index < -0.39 is 0 Å². The van der Waals surface area contributed by atoms with E-state index in [0.717, 1.165) is 29.7 Å². The van der Waals surface area contributed by atoms with Crippen molar-refractivity contribution in [3.63, 3.8) is 0 Å². The summed E-state index contributed by atoms with van der Waals surface area (Å²) in [5, 5.41) is 15.7. The first-order chi connectivity index (χ1) is 13.6. The number of nitrogens with zero attached hydrogens (tertiary/aromatic N) is 4. The SMILES string of the molecule is Cc1cccc(C)c1-n1nnnc1SCC(=O)NCC1(c2ccccc2)CC1. The lowest BCUT2D eigenvalue weighted by Crippen LogP contribution is -2.33. The number of aromatic nitrogens is 4. The third-order valence-corrected chi connectivity index (χ3v) is 6.21. The number of amides is 1. The number of hydrogen-bond acceptors (Lipinski definition) is 5. The minimum Gasteiger partial charge on any atom is -0.354 e. The van der Waals surface area contributed by atoms with E-state index in [1.807, 2.05) is 38.1 Å². The van der Waals surface area contributed by atoms with E-state index in [1.54, 1.807) is 4.68 Å². The summed E-state index contributed by atoms with van der Waals surface area (Å²) in [5.41, 5.74) is 4.58. The molecular weight excluding hydrogens is 370 g/mol. The second-order valence-corrected chi connectivity index (χ2v) is 8.27. The highest BCUT2D eigenvalue weighted by Gasteiger charge is 2.44. The number of hydrogen-bond donors (Lipinski definition) is 1. The first-order valence-corrected chi connectivity index (χ1v) is 10.4. The molecule has 0 aliphatic heterocycles. The summed E-state index contributed by atoms with van der Waals surface area (Å²) in [6, 6.07) is 16.5. The van der Waals surface area contributed by atoms with Crippen LogP contribution in [0.1, 0.15) is 29.5 Å². The number of para-hydroxylation sites is 1. The van der Waals surface area contributed by atoms with E-state index in [2.05, 4.69) is 45.1 Å². The zero-order valence-corrected chi connectivity index (χ0v) is 16.9. The average molecular weight is 394 g/mol. The zero-order chi connectivity index (χ0) is 19.6. The van der Waals surface area contributed by atoms with Crippen molar-refractivity contribution in [3.05, 3.63) is 65.2 Å². The Bertz CT molecular complexity index is 961. The monoisotopic (exact) mass is 393 g/mol. The molecule has 0 radical (unpaired) electrons. The molecule has 7 heteroatoms. The average Bonchev–Trinajstić information content (AvgIpc) is 3.37. The Morgan fingerprint density at radius 3 is 2.50 bits per heavy atom. The standard InChI is InChI=1S/C21H23N5OS/c1-15-7-6-8-16(2)19(15)26-20(23-24-25-26)28-13-18(27)22-14-21(11-12-21)17-9-4-3-5-10-17/h3-10H,11-14H2,1-2H3,(H,22,27). The Kier molecular flexibility index (Phi) is 5.17. The van der Waals surface area contributed by atoms with Crippen molar-refractivity contribution in [2.45, 2.75) is 37.3 Å². The lowest BCUT2D eigenvalue weighted by molar-refractivity contribution is -0.118. The van der Waals surface area contributed by atoms with Crippen LogP contribution in [0, 0.1) is 13.8 Å². The lowest BCUT2D eigenvalue weighted by atomic mass is 9.96. The number of benzene rings is 2. The fourth-order valence-corrected chi connectivity index (χ4v) is 4.21. The van der Waals surface area contributed by atoms with Crippen molar-refractivity contribution in [1.29, 1.82) is 0 Å². The summed E-state index contributed by atoms with van der Waals surface area (Å²) < 4.78 is 1.72. The quantitative estimate of drug-likeness (QED) is 0.624.